The van der Waals surface area contributed by atoms with Gasteiger partial charge in [0.25, 0.3) is 0 Å². The summed E-state index contributed by atoms with van der Waals surface area (Å²) in [6.07, 6.45) is 0. The van der Waals surface area contributed by atoms with Gasteiger partial charge in [0, 0.05) is 12.6 Å². The van der Waals surface area contributed by atoms with E-state index in [0.717, 1.165) is 0 Å². The molecule has 0 aromatic heterocycles. The Morgan fingerprint density at radius 3 is 3.00 bits per heavy atom. The first-order valence-corrected chi connectivity index (χ1v) is 5.64. The van der Waals surface area contributed by atoms with Crippen LogP contribution in [0.1, 0.15) is 6.92 Å². The van der Waals surface area contributed by atoms with Crippen molar-refractivity contribution >= 4 is 23.6 Å². The van der Waals surface area contributed by atoms with E-state index in [9.17, 15) is 9.59 Å². The van der Waals surface area contributed by atoms with Crippen LogP contribution in [0, 0.1) is 0 Å². The van der Waals surface area contributed by atoms with Crippen LogP contribution in [0.2, 0.25) is 0 Å². The van der Waals surface area contributed by atoms with Gasteiger partial charge in [0.1, 0.15) is 6.54 Å². The Morgan fingerprint density at radius 2 is 2.50 bits per heavy atom. The summed E-state index contributed by atoms with van der Waals surface area (Å²) in [4.78, 5) is 24.1. The largest absolute Gasteiger partial charge is 0.351 e. The first-order chi connectivity index (χ1) is 6.63. The third kappa shape index (κ3) is 3.19. The maximum Gasteiger partial charge on any atom is 0.239 e. The molecule has 0 aromatic carbocycles. The summed E-state index contributed by atoms with van der Waals surface area (Å²) in [6, 6.07) is -0.0344. The highest BCUT2D eigenvalue weighted by Gasteiger charge is 2.22. The summed E-state index contributed by atoms with van der Waals surface area (Å²) < 4.78 is 0. The lowest BCUT2D eigenvalue weighted by atomic mass is 10.3. The van der Waals surface area contributed by atoms with Gasteiger partial charge in [-0.15, -0.1) is 11.8 Å². The van der Waals surface area contributed by atoms with Crippen molar-refractivity contribution in [1.29, 1.82) is 0 Å². The number of carbonyl (C=O) groups excluding carboxylic acids is 2. The number of amides is 2. The van der Waals surface area contributed by atoms with Gasteiger partial charge in [-0.1, -0.05) is 0 Å². The minimum absolute atomic E-state index is 0.0329. The van der Waals surface area contributed by atoms with E-state index in [1.165, 1.54) is 11.8 Å². The summed E-state index contributed by atoms with van der Waals surface area (Å²) in [6.45, 7) is 2.39. The Bertz CT molecular complexity index is 235. The van der Waals surface area contributed by atoms with E-state index < -0.39 is 0 Å². The summed E-state index contributed by atoms with van der Waals surface area (Å²) in [5.41, 5.74) is 5.36. The molecule has 3 N–H and O–H groups in total. The molecule has 0 spiro atoms. The minimum atomic E-state index is -0.140. The van der Waals surface area contributed by atoms with Crippen LogP contribution in [0.3, 0.4) is 0 Å². The van der Waals surface area contributed by atoms with Crippen molar-refractivity contribution in [3.05, 3.63) is 0 Å². The van der Waals surface area contributed by atoms with Crippen molar-refractivity contribution in [2.75, 3.05) is 24.7 Å². The molecule has 0 aliphatic carbocycles. The number of rotatable bonds is 4. The molecule has 14 heavy (non-hydrogen) atoms. The molecule has 1 aliphatic rings. The van der Waals surface area contributed by atoms with Crippen LogP contribution in [0.5, 0.6) is 0 Å². The molecule has 0 bridgehead atoms. The zero-order valence-electron chi connectivity index (χ0n) is 8.16. The fourth-order valence-corrected chi connectivity index (χ4v) is 2.00. The van der Waals surface area contributed by atoms with Gasteiger partial charge >= 0.3 is 0 Å². The summed E-state index contributed by atoms with van der Waals surface area (Å²) >= 11 is 1.53. The second-order valence-electron chi connectivity index (χ2n) is 3.27. The predicted octanol–water partition coefficient (Wildman–Crippen LogP) is -1.02. The number of hydrogen-bond donors (Lipinski definition) is 2. The van der Waals surface area contributed by atoms with Crippen molar-refractivity contribution in [1.82, 2.24) is 10.2 Å². The van der Waals surface area contributed by atoms with Crippen molar-refractivity contribution in [3.63, 3.8) is 0 Å². The lowest BCUT2D eigenvalue weighted by Crippen LogP contribution is -2.44. The van der Waals surface area contributed by atoms with Crippen molar-refractivity contribution in [2.24, 2.45) is 5.73 Å². The summed E-state index contributed by atoms with van der Waals surface area (Å²) in [5, 5.41) is 2.71. The zero-order chi connectivity index (χ0) is 10.6. The lowest BCUT2D eigenvalue weighted by Gasteiger charge is -2.16. The zero-order valence-corrected chi connectivity index (χ0v) is 8.97. The average molecular weight is 217 g/mol. The van der Waals surface area contributed by atoms with E-state index in [-0.39, 0.29) is 24.4 Å². The topological polar surface area (TPSA) is 75.4 Å². The monoisotopic (exact) mass is 217 g/mol. The quantitative estimate of drug-likeness (QED) is 0.632. The van der Waals surface area contributed by atoms with Crippen LogP contribution >= 0.6 is 11.8 Å². The van der Waals surface area contributed by atoms with Crippen LogP contribution < -0.4 is 11.1 Å². The van der Waals surface area contributed by atoms with Crippen molar-refractivity contribution in [3.8, 4) is 0 Å². The molecule has 5 nitrogen and oxygen atoms in total. The molecule has 1 heterocycles. The third-order valence-corrected chi connectivity index (χ3v) is 2.87. The van der Waals surface area contributed by atoms with Gasteiger partial charge in [0.05, 0.1) is 11.6 Å². The van der Waals surface area contributed by atoms with Crippen molar-refractivity contribution < 1.29 is 9.59 Å². The van der Waals surface area contributed by atoms with Gasteiger partial charge in [0.2, 0.25) is 11.8 Å². The highest BCUT2D eigenvalue weighted by molar-refractivity contribution is 8.00. The first kappa shape index (κ1) is 11.3. The highest BCUT2D eigenvalue weighted by Crippen LogP contribution is 2.13. The molecule has 80 valence electrons. The van der Waals surface area contributed by atoms with Gasteiger partial charge in [-0.3, -0.25) is 9.59 Å². The minimum Gasteiger partial charge on any atom is -0.351 e. The Balaban J connectivity index is 2.29. The molecule has 1 aliphatic heterocycles. The van der Waals surface area contributed by atoms with E-state index in [1.807, 2.05) is 6.92 Å². The molecule has 1 saturated heterocycles. The highest BCUT2D eigenvalue weighted by atomic mass is 32.2. The lowest BCUT2D eigenvalue weighted by molar-refractivity contribution is -0.132. The molecule has 2 amide bonds. The number of carbonyl (C=O) groups is 2. The fourth-order valence-electron chi connectivity index (χ4n) is 1.09. The van der Waals surface area contributed by atoms with Gasteiger partial charge in [-0.2, -0.15) is 0 Å². The molecule has 6 heteroatoms. The van der Waals surface area contributed by atoms with Crippen LogP contribution in [0.25, 0.3) is 0 Å². The Kier molecular flexibility index (Phi) is 4.21. The van der Waals surface area contributed by atoms with Crippen molar-refractivity contribution in [2.45, 2.75) is 13.0 Å². The number of thioether (sulfide) groups is 1. The van der Waals surface area contributed by atoms with Crippen LogP contribution in [0.15, 0.2) is 0 Å². The maximum absolute atomic E-state index is 11.3. The van der Waals surface area contributed by atoms with E-state index in [1.54, 1.807) is 4.90 Å². The van der Waals surface area contributed by atoms with E-state index in [2.05, 4.69) is 5.32 Å². The predicted molar refractivity (Wildman–Crippen MR) is 55.7 cm³/mol. The fraction of sp³-hybridized carbons (Fsp3) is 0.750. The summed E-state index contributed by atoms with van der Waals surface area (Å²) in [7, 11) is 0. The van der Waals surface area contributed by atoms with Gasteiger partial charge in [-0.25, -0.2) is 0 Å². The molecule has 1 rings (SSSR count). The smallest absolute Gasteiger partial charge is 0.239 e. The average Bonchev–Trinajstić information content (AvgIpc) is 2.51. The second kappa shape index (κ2) is 5.21. The molecular formula is C8H15N3O2S. The van der Waals surface area contributed by atoms with Gasteiger partial charge in [0.15, 0.2) is 0 Å². The van der Waals surface area contributed by atoms with E-state index >= 15 is 0 Å². The molecule has 0 unspecified atom stereocenters. The Morgan fingerprint density at radius 1 is 1.79 bits per heavy atom. The molecule has 0 radical (unpaired) electrons. The molecule has 0 aromatic rings. The van der Waals surface area contributed by atoms with E-state index in [0.29, 0.717) is 18.2 Å². The number of nitrogens with zero attached hydrogens (tertiary/aromatic N) is 1. The standard InChI is InChI=1S/C8H15N3O2S/c1-6(2-9)10-7(12)3-11-5-14-4-8(11)13/h6H,2-5,9H2,1H3,(H,10,12)/t6-/m1/s1. The summed E-state index contributed by atoms with van der Waals surface area (Å²) in [5.74, 6) is 0.993. The van der Waals surface area contributed by atoms with Gasteiger partial charge in [-0.05, 0) is 6.92 Å². The van der Waals surface area contributed by atoms with Gasteiger partial charge < -0.3 is 16.0 Å². The molecule has 1 atom stereocenters. The Labute approximate surface area is 87.4 Å². The second-order valence-corrected chi connectivity index (χ2v) is 4.23. The Hall–Kier alpha value is -0.750. The van der Waals surface area contributed by atoms with Crippen LogP contribution in [-0.2, 0) is 9.59 Å². The maximum atomic E-state index is 11.3. The first-order valence-electron chi connectivity index (χ1n) is 4.48. The number of nitrogens with two attached hydrogens (primary N) is 1. The number of hydrogen-bond acceptors (Lipinski definition) is 4. The van der Waals surface area contributed by atoms with Crippen LogP contribution in [0.4, 0.5) is 0 Å². The molecular weight excluding hydrogens is 202 g/mol. The molecule has 0 saturated carbocycles. The normalized spacial score (nSPS) is 18.4. The SMILES string of the molecule is C[C@H](CN)NC(=O)CN1CSCC1=O. The number of nitrogens with one attached hydrogen (secondary N) is 1. The van der Waals surface area contributed by atoms with Crippen LogP contribution in [-0.4, -0.2) is 47.5 Å². The third-order valence-electron chi connectivity index (χ3n) is 1.92. The van der Waals surface area contributed by atoms with E-state index in [4.69, 9.17) is 5.73 Å². The molecule has 1 fully saturated rings.